The Bertz CT molecular complexity index is 767. The summed E-state index contributed by atoms with van der Waals surface area (Å²) in [5.74, 6) is 1.21. The lowest BCUT2D eigenvalue weighted by Gasteiger charge is -2.17. The highest BCUT2D eigenvalue weighted by Gasteiger charge is 2.24. The van der Waals surface area contributed by atoms with Crippen molar-refractivity contribution in [2.24, 2.45) is 0 Å². The van der Waals surface area contributed by atoms with Crippen molar-refractivity contribution in [1.82, 2.24) is 0 Å². The molecule has 1 N–H and O–H groups in total. The second-order valence-corrected chi connectivity index (χ2v) is 5.68. The van der Waals surface area contributed by atoms with E-state index in [4.69, 9.17) is 9.47 Å². The summed E-state index contributed by atoms with van der Waals surface area (Å²) in [5, 5.41) is 2.80. The topological polar surface area (TPSA) is 64.6 Å². The monoisotopic (exact) mass is 325 g/mol. The number of methoxy groups -OCH3 is 1. The van der Waals surface area contributed by atoms with Crippen LogP contribution in [0.3, 0.4) is 0 Å². The maximum Gasteiger partial charge on any atom is 0.265 e. The van der Waals surface area contributed by atoms with Crippen LogP contribution in [-0.4, -0.2) is 24.9 Å². The van der Waals surface area contributed by atoms with E-state index in [9.17, 15) is 9.59 Å². The van der Waals surface area contributed by atoms with Gasteiger partial charge in [-0.3, -0.25) is 9.59 Å². The van der Waals surface area contributed by atoms with Crippen LogP contribution >= 0.6 is 0 Å². The number of rotatable bonds is 5. The third-order valence-electron chi connectivity index (χ3n) is 4.07. The summed E-state index contributed by atoms with van der Waals surface area (Å²) in [6.07, 6.45) is 0.494. The molecule has 5 heteroatoms. The van der Waals surface area contributed by atoms with Crippen molar-refractivity contribution in [2.45, 2.75) is 25.9 Å². The van der Waals surface area contributed by atoms with Gasteiger partial charge in [-0.2, -0.15) is 0 Å². The van der Waals surface area contributed by atoms with E-state index in [1.54, 1.807) is 56.5 Å². The van der Waals surface area contributed by atoms with Gasteiger partial charge in [0.1, 0.15) is 11.5 Å². The lowest BCUT2D eigenvalue weighted by atomic mass is 10.1. The van der Waals surface area contributed by atoms with Crippen LogP contribution in [0.4, 0.5) is 5.69 Å². The van der Waals surface area contributed by atoms with Crippen LogP contribution in [0.2, 0.25) is 0 Å². The van der Waals surface area contributed by atoms with Crippen molar-refractivity contribution in [3.05, 3.63) is 53.6 Å². The third-order valence-corrected chi connectivity index (χ3v) is 4.07. The van der Waals surface area contributed by atoms with E-state index in [-0.39, 0.29) is 11.7 Å². The van der Waals surface area contributed by atoms with Gasteiger partial charge in [-0.05, 0) is 43.7 Å². The molecule has 1 amide bonds. The van der Waals surface area contributed by atoms with Crippen LogP contribution in [0.15, 0.2) is 42.5 Å². The predicted molar refractivity (Wildman–Crippen MR) is 90.8 cm³/mol. The number of anilines is 1. The fourth-order valence-electron chi connectivity index (χ4n) is 2.73. The Balaban J connectivity index is 1.67. The van der Waals surface area contributed by atoms with Crippen LogP contribution in [0.5, 0.6) is 11.5 Å². The van der Waals surface area contributed by atoms with Gasteiger partial charge < -0.3 is 14.8 Å². The molecule has 1 aliphatic rings. The highest BCUT2D eigenvalue weighted by Crippen LogP contribution is 2.31. The van der Waals surface area contributed by atoms with Gasteiger partial charge in [-0.1, -0.05) is 12.1 Å². The number of amides is 1. The molecular formula is C19H19NO4. The Morgan fingerprint density at radius 2 is 1.88 bits per heavy atom. The van der Waals surface area contributed by atoms with Gasteiger partial charge in [-0.25, -0.2) is 0 Å². The molecule has 5 nitrogen and oxygen atoms in total. The molecule has 1 aliphatic carbocycles. The number of nitrogens with one attached hydrogen (secondary N) is 1. The molecule has 0 radical (unpaired) electrons. The van der Waals surface area contributed by atoms with Gasteiger partial charge in [-0.15, -0.1) is 0 Å². The number of carbonyl (C=O) groups excluding carboxylic acids is 2. The van der Waals surface area contributed by atoms with E-state index in [1.807, 2.05) is 0 Å². The minimum absolute atomic E-state index is 0.130. The maximum atomic E-state index is 12.3. The highest BCUT2D eigenvalue weighted by atomic mass is 16.5. The maximum absolute atomic E-state index is 12.3. The molecule has 0 bridgehead atoms. The standard InChI is InChI=1S/C19H19NO4/c1-12(19(22)20-13-6-8-14(23-2)9-7-13)24-18-5-3-4-15-16(18)10-11-17(15)21/h3-9,12H,10-11H2,1-2H3,(H,20,22)/t12-/m1/s1. The predicted octanol–water partition coefficient (Wildman–Crippen LogP) is 3.23. The SMILES string of the molecule is COc1ccc(NC(=O)[C@@H](C)Oc2cccc3c2CCC3=O)cc1. The summed E-state index contributed by atoms with van der Waals surface area (Å²) in [5.41, 5.74) is 2.27. The Hall–Kier alpha value is -2.82. The minimum Gasteiger partial charge on any atom is -0.497 e. The lowest BCUT2D eigenvalue weighted by molar-refractivity contribution is -0.122. The number of ether oxygens (including phenoxy) is 2. The molecular weight excluding hydrogens is 306 g/mol. The minimum atomic E-state index is -0.672. The van der Waals surface area contributed by atoms with E-state index in [0.717, 1.165) is 11.3 Å². The molecule has 0 aromatic heterocycles. The summed E-state index contributed by atoms with van der Waals surface area (Å²) in [4.78, 5) is 24.1. The van der Waals surface area contributed by atoms with E-state index in [1.165, 1.54) is 0 Å². The average molecular weight is 325 g/mol. The molecule has 0 saturated heterocycles. The van der Waals surface area contributed by atoms with E-state index in [2.05, 4.69) is 5.32 Å². The van der Waals surface area contributed by atoms with Crippen molar-refractivity contribution < 1.29 is 19.1 Å². The number of Topliss-reactive ketones (excluding diaryl/α,β-unsaturated/α-hetero) is 1. The summed E-state index contributed by atoms with van der Waals surface area (Å²) in [6.45, 7) is 1.69. The van der Waals surface area contributed by atoms with E-state index in [0.29, 0.717) is 29.8 Å². The second kappa shape index (κ2) is 6.74. The van der Waals surface area contributed by atoms with E-state index >= 15 is 0 Å². The third kappa shape index (κ3) is 3.25. The first kappa shape index (κ1) is 16.1. The Labute approximate surface area is 140 Å². The molecule has 3 rings (SSSR count). The molecule has 124 valence electrons. The normalized spacial score (nSPS) is 14.0. The first-order chi connectivity index (χ1) is 11.6. The van der Waals surface area contributed by atoms with Crippen molar-refractivity contribution in [3.8, 4) is 11.5 Å². The first-order valence-electron chi connectivity index (χ1n) is 7.85. The van der Waals surface area contributed by atoms with Gasteiger partial charge in [0, 0.05) is 23.2 Å². The number of hydrogen-bond acceptors (Lipinski definition) is 4. The molecule has 0 heterocycles. The summed E-state index contributed by atoms with van der Waals surface area (Å²) >= 11 is 0. The van der Waals surface area contributed by atoms with Gasteiger partial charge in [0.05, 0.1) is 7.11 Å². The molecule has 0 spiro atoms. The summed E-state index contributed by atoms with van der Waals surface area (Å²) < 4.78 is 10.9. The van der Waals surface area contributed by atoms with Crippen LogP contribution in [0.25, 0.3) is 0 Å². The number of benzene rings is 2. The van der Waals surface area contributed by atoms with Crippen LogP contribution in [0, 0.1) is 0 Å². The first-order valence-corrected chi connectivity index (χ1v) is 7.85. The van der Waals surface area contributed by atoms with Crippen molar-refractivity contribution in [3.63, 3.8) is 0 Å². The number of fused-ring (bicyclic) bond motifs is 1. The lowest BCUT2D eigenvalue weighted by Crippen LogP contribution is -2.30. The molecule has 2 aromatic carbocycles. The smallest absolute Gasteiger partial charge is 0.265 e. The fourth-order valence-corrected chi connectivity index (χ4v) is 2.73. The van der Waals surface area contributed by atoms with Crippen LogP contribution in [0.1, 0.15) is 29.3 Å². The van der Waals surface area contributed by atoms with Gasteiger partial charge in [0.25, 0.3) is 5.91 Å². The fraction of sp³-hybridized carbons (Fsp3) is 0.263. The van der Waals surface area contributed by atoms with Crippen LogP contribution < -0.4 is 14.8 Å². The quantitative estimate of drug-likeness (QED) is 0.916. The molecule has 2 aromatic rings. The molecule has 1 atom stereocenters. The highest BCUT2D eigenvalue weighted by molar-refractivity contribution is 6.01. The van der Waals surface area contributed by atoms with E-state index < -0.39 is 6.10 Å². The zero-order chi connectivity index (χ0) is 17.1. The van der Waals surface area contributed by atoms with Crippen molar-refractivity contribution in [1.29, 1.82) is 0 Å². The number of hydrogen-bond donors (Lipinski definition) is 1. The molecule has 0 fully saturated rings. The van der Waals surface area contributed by atoms with Gasteiger partial charge in [0.2, 0.25) is 0 Å². The Morgan fingerprint density at radius 3 is 2.58 bits per heavy atom. The molecule has 0 saturated carbocycles. The van der Waals surface area contributed by atoms with Gasteiger partial charge >= 0.3 is 0 Å². The number of carbonyl (C=O) groups is 2. The molecule has 24 heavy (non-hydrogen) atoms. The average Bonchev–Trinajstić information content (AvgIpc) is 2.98. The van der Waals surface area contributed by atoms with Crippen molar-refractivity contribution >= 4 is 17.4 Å². The number of ketones is 1. The molecule has 0 unspecified atom stereocenters. The molecule has 0 aliphatic heterocycles. The zero-order valence-corrected chi connectivity index (χ0v) is 13.7. The van der Waals surface area contributed by atoms with Crippen molar-refractivity contribution in [2.75, 3.05) is 12.4 Å². The summed E-state index contributed by atoms with van der Waals surface area (Å²) in [6, 6.07) is 12.5. The zero-order valence-electron chi connectivity index (χ0n) is 13.7. The Kier molecular flexibility index (Phi) is 4.51. The second-order valence-electron chi connectivity index (χ2n) is 5.68. The Morgan fingerprint density at radius 1 is 1.12 bits per heavy atom. The van der Waals surface area contributed by atoms with Crippen LogP contribution in [-0.2, 0) is 11.2 Å². The largest absolute Gasteiger partial charge is 0.497 e. The van der Waals surface area contributed by atoms with Gasteiger partial charge in [0.15, 0.2) is 11.9 Å². The summed E-state index contributed by atoms with van der Waals surface area (Å²) in [7, 11) is 1.59.